The van der Waals surface area contributed by atoms with Gasteiger partial charge in [-0.3, -0.25) is 20.2 Å². The van der Waals surface area contributed by atoms with Crippen molar-refractivity contribution in [3.05, 3.63) is 0 Å². The summed E-state index contributed by atoms with van der Waals surface area (Å²) in [7, 11) is 0. The summed E-state index contributed by atoms with van der Waals surface area (Å²) in [4.78, 5) is 43.9. The van der Waals surface area contributed by atoms with E-state index < -0.39 is 74.0 Å². The molecule has 0 spiro atoms. The number of fused-ring (bicyclic) bond motifs is 1. The second kappa shape index (κ2) is 7.78. The van der Waals surface area contributed by atoms with Crippen molar-refractivity contribution in [3.63, 3.8) is 0 Å². The molecule has 0 radical (unpaired) electrons. The van der Waals surface area contributed by atoms with Crippen LogP contribution in [0.1, 0.15) is 0 Å². The lowest BCUT2D eigenvalue weighted by Crippen LogP contribution is -2.45. The summed E-state index contributed by atoms with van der Waals surface area (Å²) in [5, 5.41) is 1.86. The summed E-state index contributed by atoms with van der Waals surface area (Å²) in [6.45, 7) is -0.849. The van der Waals surface area contributed by atoms with Crippen LogP contribution in [0, 0.1) is 0 Å². The van der Waals surface area contributed by atoms with Crippen LogP contribution in [-0.4, -0.2) is 74.0 Å². The van der Waals surface area contributed by atoms with Crippen LogP contribution in [0.2, 0.25) is 0 Å². The highest BCUT2D eigenvalue weighted by Gasteiger charge is 2.52. The van der Waals surface area contributed by atoms with Crippen molar-refractivity contribution in [1.82, 2.24) is 10.6 Å². The zero-order valence-electron chi connectivity index (χ0n) is 13.3. The van der Waals surface area contributed by atoms with Crippen LogP contribution in [-0.2, 0) is 28.5 Å². The largest absolute Gasteiger partial charge is 0.471 e. The van der Waals surface area contributed by atoms with Gasteiger partial charge in [-0.25, -0.2) is 9.59 Å². The lowest BCUT2D eigenvalue weighted by molar-refractivity contribution is -0.173. The zero-order valence-corrected chi connectivity index (χ0v) is 13.3. The van der Waals surface area contributed by atoms with E-state index in [9.17, 15) is 45.5 Å². The number of ether oxygens (including phenoxy) is 4. The molecule has 4 unspecified atom stereocenters. The summed E-state index contributed by atoms with van der Waals surface area (Å²) in [5.74, 6) is -5.12. The molecule has 10 nitrogen and oxygen atoms in total. The fraction of sp³-hybridized carbons (Fsp3) is 0.667. The summed E-state index contributed by atoms with van der Waals surface area (Å²) in [6.07, 6.45) is -19.0. The molecule has 0 bridgehead atoms. The SMILES string of the molecule is O=C(NC(=O)C(F)(F)F)OC1COC2C(OC(=O)NC(=O)C(F)(F)F)COC12. The molecule has 0 aromatic carbocycles. The van der Waals surface area contributed by atoms with Gasteiger partial charge in [-0.2, -0.15) is 26.3 Å². The molecule has 4 amide bonds. The third-order valence-electron chi connectivity index (χ3n) is 3.43. The first-order valence-electron chi connectivity index (χ1n) is 7.20. The van der Waals surface area contributed by atoms with E-state index in [0.29, 0.717) is 0 Å². The van der Waals surface area contributed by atoms with Crippen LogP contribution in [0.4, 0.5) is 35.9 Å². The maximum Gasteiger partial charge on any atom is 0.471 e. The van der Waals surface area contributed by atoms with Crippen LogP contribution < -0.4 is 10.6 Å². The number of carbonyl (C=O) groups is 4. The number of halogens is 6. The molecule has 16 heteroatoms. The van der Waals surface area contributed by atoms with E-state index in [1.54, 1.807) is 0 Å². The fourth-order valence-corrected chi connectivity index (χ4v) is 2.29. The maximum absolute atomic E-state index is 12.1. The van der Waals surface area contributed by atoms with Crippen molar-refractivity contribution in [1.29, 1.82) is 0 Å². The molecular weight excluding hydrogens is 414 g/mol. The Labute approximate surface area is 150 Å². The first-order valence-corrected chi connectivity index (χ1v) is 7.20. The van der Waals surface area contributed by atoms with Gasteiger partial charge in [-0.15, -0.1) is 0 Å². The minimum absolute atomic E-state index is 0.425. The summed E-state index contributed by atoms with van der Waals surface area (Å²) in [5.41, 5.74) is 0. The van der Waals surface area contributed by atoms with Crippen molar-refractivity contribution < 1.29 is 64.5 Å². The van der Waals surface area contributed by atoms with Gasteiger partial charge >= 0.3 is 36.4 Å². The Morgan fingerprint density at radius 3 is 1.32 bits per heavy atom. The Hall–Kier alpha value is -2.62. The van der Waals surface area contributed by atoms with Gasteiger partial charge in [0.1, 0.15) is 12.2 Å². The van der Waals surface area contributed by atoms with Gasteiger partial charge in [0.2, 0.25) is 0 Å². The predicted octanol–water partition coefficient (Wildman–Crippen LogP) is 0.151. The lowest BCUT2D eigenvalue weighted by atomic mass is 10.1. The first kappa shape index (κ1) is 21.7. The normalized spacial score (nSPS) is 26.9. The predicted molar refractivity (Wildman–Crippen MR) is 68.4 cm³/mol. The average molecular weight is 424 g/mol. The van der Waals surface area contributed by atoms with E-state index in [0.717, 1.165) is 10.6 Å². The molecule has 2 rings (SSSR count). The fourth-order valence-electron chi connectivity index (χ4n) is 2.29. The number of nitrogens with one attached hydrogen (secondary N) is 2. The van der Waals surface area contributed by atoms with Crippen molar-refractivity contribution in [2.45, 2.75) is 36.8 Å². The van der Waals surface area contributed by atoms with Gasteiger partial charge in [0, 0.05) is 0 Å². The molecule has 4 atom stereocenters. The van der Waals surface area contributed by atoms with Gasteiger partial charge < -0.3 is 18.9 Å². The van der Waals surface area contributed by atoms with Crippen LogP contribution in [0.3, 0.4) is 0 Å². The second-order valence-corrected chi connectivity index (χ2v) is 5.39. The Kier molecular flexibility index (Phi) is 6.03. The number of alkyl carbamates (subject to hydrolysis) is 2. The van der Waals surface area contributed by atoms with Gasteiger partial charge in [0.25, 0.3) is 0 Å². The van der Waals surface area contributed by atoms with E-state index in [2.05, 4.69) is 9.47 Å². The Bertz CT molecular complexity index is 609. The van der Waals surface area contributed by atoms with Gasteiger partial charge in [-0.05, 0) is 0 Å². The van der Waals surface area contributed by atoms with Crippen LogP contribution in [0.25, 0.3) is 0 Å². The zero-order chi connectivity index (χ0) is 21.3. The highest BCUT2D eigenvalue weighted by atomic mass is 19.4. The van der Waals surface area contributed by atoms with Crippen molar-refractivity contribution in [3.8, 4) is 0 Å². The van der Waals surface area contributed by atoms with Crippen LogP contribution in [0.15, 0.2) is 0 Å². The topological polar surface area (TPSA) is 129 Å². The molecule has 2 heterocycles. The Balaban J connectivity index is 1.85. The third-order valence-corrected chi connectivity index (χ3v) is 3.43. The molecule has 0 aromatic rings. The summed E-state index contributed by atoms with van der Waals surface area (Å²) in [6, 6.07) is 0. The minimum atomic E-state index is -5.32. The van der Waals surface area contributed by atoms with E-state index in [4.69, 9.17) is 9.47 Å². The van der Waals surface area contributed by atoms with E-state index in [-0.39, 0.29) is 0 Å². The molecule has 158 valence electrons. The standard InChI is InChI=1S/C12H10F6N2O8/c13-11(14,15)7(21)19-9(23)27-3-1-25-6-4(2-26-5(3)6)28-10(24)20-8(22)12(16,17)18/h3-6H,1-2H2,(H,19,21,23)(H,20,22,24). The van der Waals surface area contributed by atoms with Crippen molar-refractivity contribution in [2.75, 3.05) is 13.2 Å². The van der Waals surface area contributed by atoms with Crippen LogP contribution >= 0.6 is 0 Å². The monoisotopic (exact) mass is 424 g/mol. The molecule has 0 aliphatic carbocycles. The van der Waals surface area contributed by atoms with Crippen molar-refractivity contribution in [2.24, 2.45) is 0 Å². The molecule has 2 N–H and O–H groups in total. The molecule has 2 fully saturated rings. The van der Waals surface area contributed by atoms with Crippen molar-refractivity contribution >= 4 is 24.0 Å². The third kappa shape index (κ3) is 5.22. The number of alkyl halides is 6. The second-order valence-electron chi connectivity index (χ2n) is 5.39. The maximum atomic E-state index is 12.1. The highest BCUT2D eigenvalue weighted by molar-refractivity contribution is 5.95. The molecule has 2 aliphatic rings. The van der Waals surface area contributed by atoms with E-state index in [1.165, 1.54) is 0 Å². The average Bonchev–Trinajstić information content (AvgIpc) is 3.09. The smallest absolute Gasteiger partial charge is 0.441 e. The van der Waals surface area contributed by atoms with Gasteiger partial charge in [-0.1, -0.05) is 0 Å². The minimum Gasteiger partial charge on any atom is -0.441 e. The number of amides is 4. The van der Waals surface area contributed by atoms with E-state index in [1.807, 2.05) is 0 Å². The Morgan fingerprint density at radius 1 is 0.714 bits per heavy atom. The summed E-state index contributed by atoms with van der Waals surface area (Å²) < 4.78 is 91.7. The number of hydrogen-bond acceptors (Lipinski definition) is 8. The number of rotatable bonds is 2. The van der Waals surface area contributed by atoms with E-state index >= 15 is 0 Å². The highest BCUT2D eigenvalue weighted by Crippen LogP contribution is 2.30. The van der Waals surface area contributed by atoms with Gasteiger partial charge in [0.15, 0.2) is 12.2 Å². The Morgan fingerprint density at radius 2 is 1.04 bits per heavy atom. The number of hydrogen-bond donors (Lipinski definition) is 2. The molecule has 2 aliphatic heterocycles. The summed E-state index contributed by atoms with van der Waals surface area (Å²) >= 11 is 0. The first-order chi connectivity index (χ1) is 12.8. The molecule has 0 saturated carbocycles. The molecular formula is C12H10F6N2O8. The number of carbonyl (C=O) groups excluding carboxylic acids is 4. The molecule has 0 aromatic heterocycles. The van der Waals surface area contributed by atoms with Gasteiger partial charge in [0.05, 0.1) is 13.2 Å². The number of imide groups is 2. The lowest BCUT2D eigenvalue weighted by Gasteiger charge is -2.17. The molecule has 28 heavy (non-hydrogen) atoms. The molecule has 2 saturated heterocycles. The van der Waals surface area contributed by atoms with Crippen LogP contribution in [0.5, 0.6) is 0 Å². The quantitative estimate of drug-likeness (QED) is 0.600.